The zero-order chi connectivity index (χ0) is 13.2. The molecule has 0 radical (unpaired) electrons. The van der Waals surface area contributed by atoms with E-state index in [-0.39, 0.29) is 0 Å². The normalized spacial score (nSPS) is 11.7. The Balaban J connectivity index is 2.66. The molecule has 2 aromatic carbocycles. The van der Waals surface area contributed by atoms with Gasteiger partial charge in [-0.3, -0.25) is 4.31 Å². The minimum atomic E-state index is -3.46. The van der Waals surface area contributed by atoms with Gasteiger partial charge in [0.25, 0.3) is 0 Å². The van der Waals surface area contributed by atoms with E-state index < -0.39 is 15.2 Å². The van der Waals surface area contributed by atoms with E-state index >= 15 is 0 Å². The number of benzene rings is 2. The van der Waals surface area contributed by atoms with Gasteiger partial charge in [0.15, 0.2) is 0 Å². The van der Waals surface area contributed by atoms with E-state index in [2.05, 4.69) is 0 Å². The first-order chi connectivity index (χ1) is 8.60. The first kappa shape index (κ1) is 13.2. The molecule has 5 heteroatoms. The van der Waals surface area contributed by atoms with Crippen molar-refractivity contribution in [2.45, 2.75) is 6.92 Å². The molecule has 0 fully saturated rings. The van der Waals surface area contributed by atoms with Gasteiger partial charge in [0, 0.05) is 11.9 Å². The molecule has 0 bridgehead atoms. The maximum absolute atomic E-state index is 12.0. The fraction of sp³-hybridized carbons (Fsp3) is 0.231. The van der Waals surface area contributed by atoms with Crippen molar-refractivity contribution in [3.63, 3.8) is 0 Å². The molecule has 0 aliphatic rings. The lowest BCUT2D eigenvalue weighted by atomic mass is 10.1. The van der Waals surface area contributed by atoms with E-state index in [0.29, 0.717) is 12.2 Å². The first-order valence-corrected chi connectivity index (χ1v) is 7.78. The van der Waals surface area contributed by atoms with Crippen LogP contribution in [0.3, 0.4) is 0 Å². The smallest absolute Gasteiger partial charge is 0.249 e. The largest absolute Gasteiger partial charge is 0.269 e. The fourth-order valence-corrected chi connectivity index (χ4v) is 3.33. The van der Waals surface area contributed by atoms with Gasteiger partial charge >= 0.3 is 0 Å². The van der Waals surface area contributed by atoms with E-state index in [9.17, 15) is 8.42 Å². The number of alkyl halides is 1. The van der Waals surface area contributed by atoms with Crippen LogP contribution in [-0.4, -0.2) is 20.2 Å². The summed E-state index contributed by atoms with van der Waals surface area (Å²) in [6.07, 6.45) is 0. The van der Waals surface area contributed by atoms with Crippen LogP contribution >= 0.6 is 11.6 Å². The molecule has 3 nitrogen and oxygen atoms in total. The second kappa shape index (κ2) is 5.16. The van der Waals surface area contributed by atoms with Crippen LogP contribution in [0.5, 0.6) is 0 Å². The minimum absolute atomic E-state index is 0.364. The topological polar surface area (TPSA) is 37.4 Å². The molecule has 2 aromatic rings. The van der Waals surface area contributed by atoms with Crippen molar-refractivity contribution in [3.8, 4) is 0 Å². The summed E-state index contributed by atoms with van der Waals surface area (Å²) in [6, 6.07) is 13.3. The molecule has 96 valence electrons. The van der Waals surface area contributed by atoms with Crippen molar-refractivity contribution in [2.75, 3.05) is 16.1 Å². The van der Waals surface area contributed by atoms with Crippen molar-refractivity contribution in [2.24, 2.45) is 0 Å². The molecule has 0 spiro atoms. The number of sulfonamides is 1. The summed E-state index contributed by atoms with van der Waals surface area (Å²) in [7, 11) is -3.46. The minimum Gasteiger partial charge on any atom is -0.269 e. The maximum Gasteiger partial charge on any atom is 0.249 e. The molecule has 0 atom stereocenters. The van der Waals surface area contributed by atoms with Crippen LogP contribution in [0.2, 0.25) is 0 Å². The highest BCUT2D eigenvalue weighted by Gasteiger charge is 2.21. The Morgan fingerprint density at radius 3 is 2.44 bits per heavy atom. The van der Waals surface area contributed by atoms with Gasteiger partial charge in [-0.05, 0) is 18.4 Å². The Kier molecular flexibility index (Phi) is 3.78. The monoisotopic (exact) mass is 283 g/mol. The highest BCUT2D eigenvalue weighted by molar-refractivity contribution is 7.93. The third-order valence-corrected chi connectivity index (χ3v) is 5.03. The number of halogens is 1. The van der Waals surface area contributed by atoms with Crippen molar-refractivity contribution in [3.05, 3.63) is 42.5 Å². The Morgan fingerprint density at radius 2 is 1.78 bits per heavy atom. The summed E-state index contributed by atoms with van der Waals surface area (Å²) in [4.78, 5) is 0. The standard InChI is InChI=1S/C13H14ClNO2S/c1-2-15(18(16,17)10-14)13-9-5-7-11-6-3-4-8-12(11)13/h3-9H,2,10H2,1H3. The Bertz CT molecular complexity index is 650. The van der Waals surface area contributed by atoms with Crippen molar-refractivity contribution in [1.82, 2.24) is 0 Å². The molecule has 0 heterocycles. The summed E-state index contributed by atoms with van der Waals surface area (Å²) in [5.41, 5.74) is 0.677. The second-order valence-corrected chi connectivity index (χ2v) is 6.36. The van der Waals surface area contributed by atoms with Crippen molar-refractivity contribution < 1.29 is 8.42 Å². The molecule has 18 heavy (non-hydrogen) atoms. The van der Waals surface area contributed by atoms with Gasteiger partial charge in [0.1, 0.15) is 5.21 Å². The van der Waals surface area contributed by atoms with E-state index in [1.54, 1.807) is 13.0 Å². The van der Waals surface area contributed by atoms with E-state index in [4.69, 9.17) is 11.6 Å². The molecule has 0 aliphatic heterocycles. The van der Waals surface area contributed by atoms with E-state index in [1.165, 1.54) is 4.31 Å². The quantitative estimate of drug-likeness (QED) is 0.808. The zero-order valence-electron chi connectivity index (χ0n) is 10.0. The zero-order valence-corrected chi connectivity index (χ0v) is 11.6. The van der Waals surface area contributed by atoms with Gasteiger partial charge < -0.3 is 0 Å². The average molecular weight is 284 g/mol. The Hall–Kier alpha value is -1.26. The van der Waals surface area contributed by atoms with Gasteiger partial charge in [-0.2, -0.15) is 0 Å². The van der Waals surface area contributed by atoms with E-state index in [1.807, 2.05) is 36.4 Å². The molecule has 0 saturated heterocycles. The van der Waals surface area contributed by atoms with Gasteiger partial charge in [0.05, 0.1) is 5.69 Å². The van der Waals surface area contributed by atoms with Crippen LogP contribution in [0.4, 0.5) is 5.69 Å². The Morgan fingerprint density at radius 1 is 1.11 bits per heavy atom. The van der Waals surface area contributed by atoms with Crippen LogP contribution < -0.4 is 4.31 Å². The predicted molar refractivity (Wildman–Crippen MR) is 76.6 cm³/mol. The molecule has 0 saturated carbocycles. The van der Waals surface area contributed by atoms with Crippen molar-refractivity contribution >= 4 is 38.1 Å². The lowest BCUT2D eigenvalue weighted by Crippen LogP contribution is -2.31. The number of hydrogen-bond acceptors (Lipinski definition) is 2. The highest BCUT2D eigenvalue weighted by atomic mass is 35.5. The fourth-order valence-electron chi connectivity index (χ4n) is 2.00. The molecular weight excluding hydrogens is 270 g/mol. The molecule has 2 rings (SSSR count). The molecule has 0 N–H and O–H groups in total. The highest BCUT2D eigenvalue weighted by Crippen LogP contribution is 2.28. The third-order valence-electron chi connectivity index (χ3n) is 2.80. The van der Waals surface area contributed by atoms with Gasteiger partial charge in [-0.15, -0.1) is 11.6 Å². The molecule has 0 unspecified atom stereocenters. The number of hydrogen-bond donors (Lipinski definition) is 0. The third kappa shape index (κ3) is 2.31. The molecule has 0 aromatic heterocycles. The lowest BCUT2D eigenvalue weighted by molar-refractivity contribution is 0.596. The number of nitrogens with zero attached hydrogens (tertiary/aromatic N) is 1. The summed E-state index contributed by atoms with van der Waals surface area (Å²) in [6.45, 7) is 2.16. The van der Waals surface area contributed by atoms with Crippen LogP contribution in [0.25, 0.3) is 10.8 Å². The number of rotatable bonds is 4. The number of fused-ring (bicyclic) bond motifs is 1. The van der Waals surface area contributed by atoms with Crippen LogP contribution in [0, 0.1) is 0 Å². The molecule has 0 aliphatic carbocycles. The molecular formula is C13H14ClNO2S. The maximum atomic E-state index is 12.0. The second-order valence-electron chi connectivity index (χ2n) is 3.88. The average Bonchev–Trinajstić information content (AvgIpc) is 2.39. The molecule has 0 amide bonds. The lowest BCUT2D eigenvalue weighted by Gasteiger charge is -2.23. The summed E-state index contributed by atoms with van der Waals surface area (Å²) in [5, 5.41) is 1.51. The van der Waals surface area contributed by atoms with E-state index in [0.717, 1.165) is 10.8 Å². The SMILES string of the molecule is CCN(c1cccc2ccccc12)S(=O)(=O)CCl. The van der Waals surface area contributed by atoms with Crippen LogP contribution in [0.1, 0.15) is 6.92 Å². The van der Waals surface area contributed by atoms with Crippen LogP contribution in [-0.2, 0) is 10.0 Å². The van der Waals surface area contributed by atoms with Gasteiger partial charge in [0.2, 0.25) is 10.0 Å². The first-order valence-electron chi connectivity index (χ1n) is 5.64. The van der Waals surface area contributed by atoms with Gasteiger partial charge in [-0.25, -0.2) is 8.42 Å². The van der Waals surface area contributed by atoms with Crippen LogP contribution in [0.15, 0.2) is 42.5 Å². The summed E-state index contributed by atoms with van der Waals surface area (Å²) < 4.78 is 25.3. The number of anilines is 1. The summed E-state index contributed by atoms with van der Waals surface area (Å²) in [5.74, 6) is 0. The van der Waals surface area contributed by atoms with Gasteiger partial charge in [-0.1, -0.05) is 36.4 Å². The summed E-state index contributed by atoms with van der Waals surface area (Å²) >= 11 is 5.54. The Labute approximate surface area is 112 Å². The predicted octanol–water partition coefficient (Wildman–Crippen LogP) is 3.19. The van der Waals surface area contributed by atoms with Crippen molar-refractivity contribution in [1.29, 1.82) is 0 Å².